The predicted molar refractivity (Wildman–Crippen MR) is 104 cm³/mol. The Morgan fingerprint density at radius 1 is 0.885 bits per heavy atom. The summed E-state index contributed by atoms with van der Waals surface area (Å²) in [6, 6.07) is 21.6. The van der Waals surface area contributed by atoms with Gasteiger partial charge in [0.05, 0.1) is 12.8 Å². The van der Waals surface area contributed by atoms with Crippen molar-refractivity contribution in [1.82, 2.24) is 0 Å². The third-order valence-corrected chi connectivity index (χ3v) is 4.30. The van der Waals surface area contributed by atoms with Crippen LogP contribution in [0.15, 0.2) is 76.9 Å². The summed E-state index contributed by atoms with van der Waals surface area (Å²) in [4.78, 5) is 0. The lowest BCUT2D eigenvalue weighted by Crippen LogP contribution is -1.97. The Hall–Kier alpha value is -3.40. The Morgan fingerprint density at radius 3 is 2.12 bits per heavy atom. The molecule has 1 aliphatic rings. The summed E-state index contributed by atoms with van der Waals surface area (Å²) < 4.78 is 5.40. The summed E-state index contributed by atoms with van der Waals surface area (Å²) in [5.74, 6) is 0.564. The van der Waals surface area contributed by atoms with E-state index in [4.69, 9.17) is 4.74 Å². The van der Waals surface area contributed by atoms with Crippen molar-refractivity contribution in [3.05, 3.63) is 83.4 Å². The van der Waals surface area contributed by atoms with Crippen LogP contribution in [-0.2, 0) is 0 Å². The van der Waals surface area contributed by atoms with Crippen LogP contribution in [0, 0.1) is 0 Å². The number of ether oxygens (including phenoxy) is 1. The van der Waals surface area contributed by atoms with Crippen molar-refractivity contribution in [3.63, 3.8) is 0 Å². The van der Waals surface area contributed by atoms with Crippen molar-refractivity contribution in [3.8, 4) is 22.6 Å². The molecule has 0 spiro atoms. The van der Waals surface area contributed by atoms with Gasteiger partial charge in [0.2, 0.25) is 0 Å². The molecule has 0 unspecified atom stereocenters. The molecule has 0 fully saturated rings. The van der Waals surface area contributed by atoms with Gasteiger partial charge >= 0.3 is 0 Å². The molecule has 0 amide bonds. The van der Waals surface area contributed by atoms with E-state index in [1.54, 1.807) is 24.4 Å². The van der Waals surface area contributed by atoms with Crippen molar-refractivity contribution in [2.24, 2.45) is 10.2 Å². The molecule has 4 rings (SSSR count). The van der Waals surface area contributed by atoms with Crippen molar-refractivity contribution in [2.75, 3.05) is 6.61 Å². The largest absolute Gasteiger partial charge is 0.504 e. The molecule has 0 saturated heterocycles. The Bertz CT molecular complexity index is 975. The van der Waals surface area contributed by atoms with Gasteiger partial charge in [0.25, 0.3) is 0 Å². The number of hydrogen-bond donors (Lipinski definition) is 1. The lowest BCUT2D eigenvalue weighted by Gasteiger charge is -2.05. The molecule has 0 aromatic heterocycles. The fraction of sp³-hybridized carbons (Fsp3) is 0.0909. The molecule has 4 heteroatoms. The molecule has 3 aromatic rings. The van der Waals surface area contributed by atoms with Gasteiger partial charge in [0.1, 0.15) is 5.71 Å². The van der Waals surface area contributed by atoms with Crippen LogP contribution in [0.25, 0.3) is 11.1 Å². The van der Waals surface area contributed by atoms with Gasteiger partial charge in [-0.15, -0.1) is 5.10 Å². The maximum atomic E-state index is 9.79. The van der Waals surface area contributed by atoms with Crippen LogP contribution in [0.5, 0.6) is 11.5 Å². The number of aromatic hydroxyl groups is 1. The van der Waals surface area contributed by atoms with Gasteiger partial charge in [-0.2, -0.15) is 5.10 Å². The quantitative estimate of drug-likeness (QED) is 0.434. The van der Waals surface area contributed by atoms with E-state index in [1.807, 2.05) is 31.2 Å². The average molecular weight is 342 g/mol. The topological polar surface area (TPSA) is 54.2 Å². The zero-order valence-electron chi connectivity index (χ0n) is 14.4. The van der Waals surface area contributed by atoms with E-state index in [0.29, 0.717) is 12.4 Å². The first-order valence-corrected chi connectivity index (χ1v) is 8.54. The summed E-state index contributed by atoms with van der Waals surface area (Å²) >= 11 is 0. The van der Waals surface area contributed by atoms with Crippen molar-refractivity contribution in [2.45, 2.75) is 6.92 Å². The number of phenols is 1. The van der Waals surface area contributed by atoms with Crippen LogP contribution in [0.1, 0.15) is 23.6 Å². The lowest BCUT2D eigenvalue weighted by molar-refractivity contribution is 0.318. The van der Waals surface area contributed by atoms with Gasteiger partial charge < -0.3 is 9.84 Å². The molecule has 26 heavy (non-hydrogen) atoms. The molecule has 1 N–H and O–H groups in total. The maximum absolute atomic E-state index is 9.79. The number of fused-ring (bicyclic) bond motifs is 3. The number of rotatable bonds is 4. The Morgan fingerprint density at radius 2 is 1.50 bits per heavy atom. The van der Waals surface area contributed by atoms with Crippen LogP contribution >= 0.6 is 0 Å². The van der Waals surface area contributed by atoms with Crippen LogP contribution in [0.4, 0.5) is 0 Å². The second-order valence-corrected chi connectivity index (χ2v) is 5.94. The first-order chi connectivity index (χ1) is 12.8. The van der Waals surface area contributed by atoms with E-state index < -0.39 is 0 Å². The minimum absolute atomic E-state index is 0.119. The van der Waals surface area contributed by atoms with Gasteiger partial charge in [0.15, 0.2) is 11.5 Å². The normalized spacial score (nSPS) is 12.1. The monoisotopic (exact) mass is 342 g/mol. The second kappa shape index (κ2) is 6.84. The minimum Gasteiger partial charge on any atom is -0.504 e. The Balaban J connectivity index is 1.69. The summed E-state index contributed by atoms with van der Waals surface area (Å²) in [7, 11) is 0. The highest BCUT2D eigenvalue weighted by atomic mass is 16.5. The minimum atomic E-state index is 0.119. The number of phenolic OH excluding ortho intramolecular Hbond substituents is 1. The summed E-state index contributed by atoms with van der Waals surface area (Å²) in [5, 5.41) is 18.5. The summed E-state index contributed by atoms with van der Waals surface area (Å²) in [5.41, 5.74) is 6.23. The van der Waals surface area contributed by atoms with E-state index in [-0.39, 0.29) is 5.75 Å². The van der Waals surface area contributed by atoms with Crippen LogP contribution in [-0.4, -0.2) is 23.6 Å². The fourth-order valence-electron chi connectivity index (χ4n) is 3.14. The number of benzene rings is 3. The lowest BCUT2D eigenvalue weighted by atomic mass is 10.1. The first kappa shape index (κ1) is 16.1. The Labute approximate surface area is 152 Å². The van der Waals surface area contributed by atoms with Crippen molar-refractivity contribution >= 4 is 11.9 Å². The molecule has 0 aliphatic heterocycles. The van der Waals surface area contributed by atoms with Gasteiger partial charge in [0, 0.05) is 11.1 Å². The molecule has 0 heterocycles. The number of hydrogen-bond acceptors (Lipinski definition) is 4. The van der Waals surface area contributed by atoms with Gasteiger partial charge in [-0.25, -0.2) is 0 Å². The van der Waals surface area contributed by atoms with Crippen LogP contribution in [0.2, 0.25) is 0 Å². The van der Waals surface area contributed by atoms with E-state index >= 15 is 0 Å². The highest BCUT2D eigenvalue weighted by Gasteiger charge is 2.23. The average Bonchev–Trinajstić information content (AvgIpc) is 2.99. The molecule has 1 aliphatic carbocycles. The molecule has 0 bridgehead atoms. The second-order valence-electron chi connectivity index (χ2n) is 5.94. The third-order valence-electron chi connectivity index (χ3n) is 4.30. The molecule has 4 nitrogen and oxygen atoms in total. The highest BCUT2D eigenvalue weighted by Crippen LogP contribution is 2.36. The summed E-state index contributed by atoms with van der Waals surface area (Å²) in [6.07, 6.45) is 1.67. The SMILES string of the molecule is CCOc1cc(/C=N\N=C2c3ccccc3-c3ccccc32)ccc1O. The van der Waals surface area contributed by atoms with Crippen molar-refractivity contribution < 1.29 is 9.84 Å². The summed E-state index contributed by atoms with van der Waals surface area (Å²) in [6.45, 7) is 2.37. The molecular weight excluding hydrogens is 324 g/mol. The predicted octanol–water partition coefficient (Wildman–Crippen LogP) is 4.64. The molecular formula is C22H18N2O2. The number of nitrogens with zero attached hydrogens (tertiary/aromatic N) is 2. The molecule has 0 radical (unpaired) electrons. The van der Waals surface area contributed by atoms with Gasteiger partial charge in [-0.05, 0) is 41.8 Å². The fourth-order valence-corrected chi connectivity index (χ4v) is 3.14. The van der Waals surface area contributed by atoms with Crippen molar-refractivity contribution in [1.29, 1.82) is 0 Å². The van der Waals surface area contributed by atoms with E-state index in [2.05, 4.69) is 34.5 Å². The first-order valence-electron chi connectivity index (χ1n) is 8.54. The standard InChI is InChI=1S/C22H18N2O2/c1-2-26-21-13-15(11-12-20(21)25)14-23-24-22-18-9-5-3-7-16(18)17-8-4-6-10-19(17)22/h3-14,25H,2H2,1H3/b23-14-. The highest BCUT2D eigenvalue weighted by molar-refractivity contribution is 6.24. The van der Waals surface area contributed by atoms with E-state index in [9.17, 15) is 5.11 Å². The zero-order valence-corrected chi connectivity index (χ0v) is 14.4. The van der Waals surface area contributed by atoms with Crippen LogP contribution < -0.4 is 4.74 Å². The molecule has 128 valence electrons. The molecule has 3 aromatic carbocycles. The maximum Gasteiger partial charge on any atom is 0.161 e. The van der Waals surface area contributed by atoms with E-state index in [0.717, 1.165) is 22.4 Å². The smallest absolute Gasteiger partial charge is 0.161 e. The van der Waals surface area contributed by atoms with E-state index in [1.165, 1.54) is 11.1 Å². The third kappa shape index (κ3) is 2.86. The molecule has 0 atom stereocenters. The molecule has 0 saturated carbocycles. The Kier molecular flexibility index (Phi) is 4.23. The van der Waals surface area contributed by atoms with Gasteiger partial charge in [-0.1, -0.05) is 48.5 Å². The van der Waals surface area contributed by atoms with Crippen LogP contribution in [0.3, 0.4) is 0 Å². The zero-order chi connectivity index (χ0) is 17.9. The van der Waals surface area contributed by atoms with Gasteiger partial charge in [-0.3, -0.25) is 0 Å².